The van der Waals surface area contributed by atoms with Gasteiger partial charge in [-0.3, -0.25) is 0 Å². The lowest BCUT2D eigenvalue weighted by Gasteiger charge is -1.98. The molecule has 0 aromatic carbocycles. The first kappa shape index (κ1) is 11.0. The van der Waals surface area contributed by atoms with Crippen molar-refractivity contribution in [3.05, 3.63) is 0 Å². The Balaban J connectivity index is 3.88. The van der Waals surface area contributed by atoms with Gasteiger partial charge in [0, 0.05) is 0 Å². The number of nitrogens with zero attached hydrogens (tertiary/aromatic N) is 3. The van der Waals surface area contributed by atoms with Crippen molar-refractivity contribution in [2.75, 3.05) is 6.54 Å². The molecule has 0 unspecified atom stereocenters. The highest BCUT2D eigenvalue weighted by molar-refractivity contribution is 5.85. The second-order valence-corrected chi connectivity index (χ2v) is 2.23. The molecule has 0 amide bonds. The maximum atomic E-state index is 5.06. The summed E-state index contributed by atoms with van der Waals surface area (Å²) in [5.74, 6) is -0.143. The molecule has 8 heteroatoms. The third kappa shape index (κ3) is 7.91. The van der Waals surface area contributed by atoms with Crippen molar-refractivity contribution in [1.82, 2.24) is 5.43 Å². The van der Waals surface area contributed by atoms with E-state index in [0.717, 1.165) is 0 Å². The highest BCUT2D eigenvalue weighted by Crippen LogP contribution is 1.76. The number of rotatable bonds is 4. The van der Waals surface area contributed by atoms with Crippen molar-refractivity contribution in [1.29, 1.82) is 0 Å². The lowest BCUT2D eigenvalue weighted by atomic mass is 10.4. The molecular weight excluding hydrogens is 172 g/mol. The Hall–Kier alpha value is -1.99. The van der Waals surface area contributed by atoms with Crippen LogP contribution in [0.1, 0.15) is 6.92 Å². The van der Waals surface area contributed by atoms with E-state index in [1.54, 1.807) is 6.92 Å². The second-order valence-electron chi connectivity index (χ2n) is 2.23. The summed E-state index contributed by atoms with van der Waals surface area (Å²) >= 11 is 0. The molecule has 0 rings (SSSR count). The number of nitrogens with one attached hydrogen (secondary N) is 1. The molecule has 8 nitrogen and oxygen atoms in total. The highest BCUT2D eigenvalue weighted by Gasteiger charge is 1.88. The van der Waals surface area contributed by atoms with Crippen LogP contribution in [0.15, 0.2) is 15.3 Å². The molecule has 0 aliphatic heterocycles. The Morgan fingerprint density at radius 3 is 2.15 bits per heavy atom. The van der Waals surface area contributed by atoms with E-state index in [9.17, 15) is 0 Å². The van der Waals surface area contributed by atoms with E-state index in [2.05, 4.69) is 20.7 Å². The van der Waals surface area contributed by atoms with Crippen LogP contribution in [0.25, 0.3) is 0 Å². The molecule has 0 bridgehead atoms. The number of hydrogen-bond acceptors (Lipinski definition) is 4. The van der Waals surface area contributed by atoms with Gasteiger partial charge < -0.3 is 28.4 Å². The molecule has 0 aliphatic carbocycles. The topological polar surface area (TPSA) is 153 Å². The Kier molecular flexibility index (Phi) is 4.77. The fourth-order valence-corrected chi connectivity index (χ4v) is 0.424. The summed E-state index contributed by atoms with van der Waals surface area (Å²) in [6.45, 7) is 2.09. The standard InChI is InChI=1S/C5H14N8/c1-3(11-13-5(8)9)2-10-12-4(6)7/h10H,2H2,1H3,(H4,6,7,12)(H4,8,9,13)/b11-3+. The summed E-state index contributed by atoms with van der Waals surface area (Å²) < 4.78 is 0. The Labute approximate surface area is 75.7 Å². The SMILES string of the molecule is C/C(CNN=C(N)N)=N\N=C(N)N. The minimum atomic E-state index is -0.0961. The summed E-state index contributed by atoms with van der Waals surface area (Å²) in [4.78, 5) is 0. The van der Waals surface area contributed by atoms with E-state index in [4.69, 9.17) is 22.9 Å². The predicted molar refractivity (Wildman–Crippen MR) is 52.7 cm³/mol. The predicted octanol–water partition coefficient (Wildman–Crippen LogP) is -2.59. The van der Waals surface area contributed by atoms with E-state index in [1.165, 1.54) is 0 Å². The van der Waals surface area contributed by atoms with Crippen molar-refractivity contribution < 1.29 is 0 Å². The Bertz CT molecular complexity index is 231. The van der Waals surface area contributed by atoms with E-state index in [1.807, 2.05) is 0 Å². The van der Waals surface area contributed by atoms with Crippen LogP contribution in [-0.4, -0.2) is 24.2 Å². The highest BCUT2D eigenvalue weighted by atomic mass is 15.3. The maximum Gasteiger partial charge on any atom is 0.211 e. The average Bonchev–Trinajstić information content (AvgIpc) is 2.00. The van der Waals surface area contributed by atoms with Gasteiger partial charge >= 0.3 is 0 Å². The lowest BCUT2D eigenvalue weighted by Crippen LogP contribution is -2.28. The van der Waals surface area contributed by atoms with E-state index < -0.39 is 0 Å². The van der Waals surface area contributed by atoms with Gasteiger partial charge in [-0.25, -0.2) is 0 Å². The summed E-state index contributed by atoms with van der Waals surface area (Å²) in [5, 5.41) is 10.6. The van der Waals surface area contributed by atoms with E-state index in [0.29, 0.717) is 12.3 Å². The first-order valence-electron chi connectivity index (χ1n) is 3.46. The minimum Gasteiger partial charge on any atom is -0.369 e. The number of hydrazone groups is 1. The molecule has 0 aromatic rings. The smallest absolute Gasteiger partial charge is 0.211 e. The fraction of sp³-hybridized carbons (Fsp3) is 0.400. The molecule has 0 aromatic heterocycles. The lowest BCUT2D eigenvalue weighted by molar-refractivity contribution is 0.835. The molecule has 9 N–H and O–H groups in total. The Morgan fingerprint density at radius 2 is 1.69 bits per heavy atom. The fourth-order valence-electron chi connectivity index (χ4n) is 0.424. The molecule has 0 heterocycles. The van der Waals surface area contributed by atoms with Gasteiger partial charge in [0.15, 0.2) is 0 Å². The van der Waals surface area contributed by atoms with Crippen molar-refractivity contribution in [2.45, 2.75) is 6.92 Å². The van der Waals surface area contributed by atoms with Gasteiger partial charge in [0.2, 0.25) is 11.9 Å². The molecule has 74 valence electrons. The van der Waals surface area contributed by atoms with Crippen LogP contribution in [0, 0.1) is 0 Å². The van der Waals surface area contributed by atoms with Gasteiger partial charge in [-0.1, -0.05) is 0 Å². The van der Waals surface area contributed by atoms with Crippen LogP contribution in [0.5, 0.6) is 0 Å². The van der Waals surface area contributed by atoms with Crippen LogP contribution in [0.2, 0.25) is 0 Å². The Morgan fingerprint density at radius 1 is 1.08 bits per heavy atom. The van der Waals surface area contributed by atoms with Crippen LogP contribution in [0.3, 0.4) is 0 Å². The van der Waals surface area contributed by atoms with Gasteiger partial charge in [-0.15, -0.1) is 10.2 Å². The van der Waals surface area contributed by atoms with Crippen molar-refractivity contribution >= 4 is 17.6 Å². The van der Waals surface area contributed by atoms with Crippen molar-refractivity contribution in [2.24, 2.45) is 38.2 Å². The summed E-state index contributed by atoms with van der Waals surface area (Å²) in [6, 6.07) is 0. The number of nitrogens with two attached hydrogens (primary N) is 4. The largest absolute Gasteiger partial charge is 0.369 e. The average molecular weight is 186 g/mol. The van der Waals surface area contributed by atoms with Gasteiger partial charge in [-0.05, 0) is 6.92 Å². The van der Waals surface area contributed by atoms with Gasteiger partial charge in [0.25, 0.3) is 0 Å². The normalized spacial score (nSPS) is 10.4. The third-order valence-corrected chi connectivity index (χ3v) is 0.879. The first-order valence-corrected chi connectivity index (χ1v) is 3.46. The van der Waals surface area contributed by atoms with Gasteiger partial charge in [0.1, 0.15) is 0 Å². The second kappa shape index (κ2) is 5.63. The zero-order chi connectivity index (χ0) is 10.3. The molecule has 0 aliphatic rings. The van der Waals surface area contributed by atoms with E-state index >= 15 is 0 Å². The molecular formula is C5H14N8. The molecule has 0 spiro atoms. The van der Waals surface area contributed by atoms with Crippen LogP contribution in [-0.2, 0) is 0 Å². The van der Waals surface area contributed by atoms with Crippen LogP contribution >= 0.6 is 0 Å². The van der Waals surface area contributed by atoms with Crippen molar-refractivity contribution in [3.63, 3.8) is 0 Å². The van der Waals surface area contributed by atoms with Crippen molar-refractivity contribution in [3.8, 4) is 0 Å². The molecule has 0 fully saturated rings. The first-order chi connectivity index (χ1) is 6.02. The van der Waals surface area contributed by atoms with E-state index in [-0.39, 0.29) is 11.9 Å². The quantitative estimate of drug-likeness (QED) is 0.185. The number of hydrogen-bond donors (Lipinski definition) is 5. The minimum absolute atomic E-state index is 0.0466. The third-order valence-electron chi connectivity index (χ3n) is 0.879. The molecule has 0 radical (unpaired) electrons. The van der Waals surface area contributed by atoms with Crippen LogP contribution in [0.4, 0.5) is 0 Å². The monoisotopic (exact) mass is 186 g/mol. The van der Waals surface area contributed by atoms with Crippen LogP contribution < -0.4 is 28.4 Å². The summed E-state index contributed by atoms with van der Waals surface area (Å²) in [7, 11) is 0. The zero-order valence-corrected chi connectivity index (χ0v) is 7.36. The maximum absolute atomic E-state index is 5.06. The zero-order valence-electron chi connectivity index (χ0n) is 7.36. The molecule has 0 saturated carbocycles. The molecule has 0 saturated heterocycles. The number of guanidine groups is 2. The summed E-state index contributed by atoms with van der Waals surface area (Å²) in [6.07, 6.45) is 0. The van der Waals surface area contributed by atoms with Gasteiger partial charge in [-0.2, -0.15) is 5.10 Å². The summed E-state index contributed by atoms with van der Waals surface area (Å²) in [5.41, 5.74) is 23.4. The molecule has 13 heavy (non-hydrogen) atoms. The molecule has 0 atom stereocenters. The van der Waals surface area contributed by atoms with Gasteiger partial charge in [0.05, 0.1) is 12.3 Å².